The Morgan fingerprint density at radius 2 is 2.36 bits per heavy atom. The molecule has 1 aromatic rings. The summed E-state index contributed by atoms with van der Waals surface area (Å²) in [6, 6.07) is 1.50. The highest BCUT2D eigenvalue weighted by Crippen LogP contribution is 1.98. The second kappa shape index (κ2) is 5.39. The molecule has 0 aliphatic carbocycles. The average Bonchev–Trinajstić information content (AvgIpc) is 2.12. The van der Waals surface area contributed by atoms with Gasteiger partial charge < -0.3 is 10.2 Å². The Kier molecular flexibility index (Phi) is 4.12. The molecular formula is C9H16N4O. The third-order valence-electron chi connectivity index (χ3n) is 1.78. The van der Waals surface area contributed by atoms with E-state index in [-0.39, 0.29) is 5.56 Å². The van der Waals surface area contributed by atoms with Crippen LogP contribution in [-0.4, -0.2) is 42.3 Å². The lowest BCUT2D eigenvalue weighted by atomic mass is 10.4. The third-order valence-corrected chi connectivity index (χ3v) is 1.78. The van der Waals surface area contributed by atoms with Crippen molar-refractivity contribution in [3.05, 3.63) is 22.6 Å². The first-order valence-electron chi connectivity index (χ1n) is 4.62. The number of hydrogen-bond donors (Lipinski definition) is 2. The summed E-state index contributed by atoms with van der Waals surface area (Å²) in [4.78, 5) is 13.0. The van der Waals surface area contributed by atoms with Crippen molar-refractivity contribution in [2.75, 3.05) is 32.5 Å². The number of nitrogens with zero attached hydrogens (tertiary/aromatic N) is 2. The Bertz CT molecular complexity index is 321. The van der Waals surface area contributed by atoms with Crippen molar-refractivity contribution < 1.29 is 0 Å². The van der Waals surface area contributed by atoms with Crippen molar-refractivity contribution in [1.29, 1.82) is 0 Å². The molecule has 5 nitrogen and oxygen atoms in total. The van der Waals surface area contributed by atoms with E-state index in [0.717, 1.165) is 25.2 Å². The lowest BCUT2D eigenvalue weighted by Crippen LogP contribution is -2.17. The topological polar surface area (TPSA) is 61.0 Å². The summed E-state index contributed by atoms with van der Waals surface area (Å²) in [5.41, 5.74) is 0.593. The second-order valence-corrected chi connectivity index (χ2v) is 3.42. The highest BCUT2D eigenvalue weighted by Gasteiger charge is 1.93. The summed E-state index contributed by atoms with van der Waals surface area (Å²) < 4.78 is 0. The maximum absolute atomic E-state index is 10.9. The Labute approximate surface area is 83.1 Å². The van der Waals surface area contributed by atoms with Gasteiger partial charge >= 0.3 is 0 Å². The quantitative estimate of drug-likeness (QED) is 0.657. The second-order valence-electron chi connectivity index (χ2n) is 3.42. The minimum atomic E-state index is -0.178. The molecule has 1 heterocycles. The van der Waals surface area contributed by atoms with Crippen LogP contribution in [0.4, 0.5) is 5.69 Å². The largest absolute Gasteiger partial charge is 0.384 e. The van der Waals surface area contributed by atoms with E-state index in [2.05, 4.69) is 20.4 Å². The van der Waals surface area contributed by atoms with Gasteiger partial charge in [0.15, 0.2) is 0 Å². The first kappa shape index (κ1) is 10.7. The molecule has 5 heteroatoms. The smallest absolute Gasteiger partial charge is 0.266 e. The number of H-pyrrole nitrogens is 1. The number of nitrogens with one attached hydrogen (secondary N) is 2. The molecule has 0 aliphatic rings. The van der Waals surface area contributed by atoms with Crippen LogP contribution in [0.25, 0.3) is 0 Å². The maximum Gasteiger partial charge on any atom is 0.266 e. The number of aromatic amines is 1. The average molecular weight is 196 g/mol. The molecule has 0 bridgehead atoms. The third kappa shape index (κ3) is 4.04. The van der Waals surface area contributed by atoms with Gasteiger partial charge in [0, 0.05) is 12.6 Å². The van der Waals surface area contributed by atoms with Gasteiger partial charge in [-0.1, -0.05) is 0 Å². The zero-order valence-electron chi connectivity index (χ0n) is 8.58. The van der Waals surface area contributed by atoms with E-state index in [0.29, 0.717) is 0 Å². The van der Waals surface area contributed by atoms with Crippen molar-refractivity contribution >= 4 is 5.69 Å². The molecule has 0 fully saturated rings. The fourth-order valence-electron chi connectivity index (χ4n) is 1.10. The summed E-state index contributed by atoms with van der Waals surface area (Å²) in [7, 11) is 4.07. The molecular weight excluding hydrogens is 180 g/mol. The van der Waals surface area contributed by atoms with Gasteiger partial charge in [0.1, 0.15) is 0 Å². The molecule has 0 aliphatic heterocycles. The van der Waals surface area contributed by atoms with E-state index >= 15 is 0 Å². The van der Waals surface area contributed by atoms with Gasteiger partial charge in [-0.3, -0.25) is 4.79 Å². The Balaban J connectivity index is 2.28. The van der Waals surface area contributed by atoms with Gasteiger partial charge in [-0.05, 0) is 27.1 Å². The highest BCUT2D eigenvalue weighted by molar-refractivity contribution is 5.38. The molecule has 1 rings (SSSR count). The first-order valence-corrected chi connectivity index (χ1v) is 4.62. The molecule has 2 N–H and O–H groups in total. The van der Waals surface area contributed by atoms with Crippen LogP contribution < -0.4 is 10.9 Å². The summed E-state index contributed by atoms with van der Waals surface area (Å²) in [6.45, 7) is 1.88. The van der Waals surface area contributed by atoms with Crippen molar-refractivity contribution in [2.45, 2.75) is 6.42 Å². The molecule has 0 atom stereocenters. The van der Waals surface area contributed by atoms with Gasteiger partial charge in [-0.25, -0.2) is 5.10 Å². The zero-order valence-corrected chi connectivity index (χ0v) is 8.58. The normalized spacial score (nSPS) is 10.5. The van der Waals surface area contributed by atoms with Crippen molar-refractivity contribution in [3.8, 4) is 0 Å². The van der Waals surface area contributed by atoms with Crippen LogP contribution in [0.3, 0.4) is 0 Å². The molecule has 0 saturated heterocycles. The predicted octanol–water partition coefficient (Wildman–Crippen LogP) is 0.133. The molecule has 0 saturated carbocycles. The minimum Gasteiger partial charge on any atom is -0.384 e. The van der Waals surface area contributed by atoms with Crippen LogP contribution >= 0.6 is 0 Å². The van der Waals surface area contributed by atoms with Crippen molar-refractivity contribution in [3.63, 3.8) is 0 Å². The van der Waals surface area contributed by atoms with Crippen LogP contribution in [0.1, 0.15) is 6.42 Å². The predicted molar refractivity (Wildman–Crippen MR) is 56.5 cm³/mol. The standard InChI is InChI=1S/C9H16N4O/c1-13(2)5-3-4-10-8-6-9(14)12-11-7-8/h6-7H,3-5H2,1-2H3,(H2,10,12,14). The summed E-state index contributed by atoms with van der Waals surface area (Å²) >= 11 is 0. The van der Waals surface area contributed by atoms with E-state index < -0.39 is 0 Å². The maximum atomic E-state index is 10.9. The van der Waals surface area contributed by atoms with Gasteiger partial charge in [-0.15, -0.1) is 0 Å². The van der Waals surface area contributed by atoms with Crippen LogP contribution in [0.5, 0.6) is 0 Å². The molecule has 0 unspecified atom stereocenters. The van der Waals surface area contributed by atoms with Crippen LogP contribution in [-0.2, 0) is 0 Å². The summed E-state index contributed by atoms with van der Waals surface area (Å²) in [5.74, 6) is 0. The van der Waals surface area contributed by atoms with Gasteiger partial charge in [0.2, 0.25) is 0 Å². The molecule has 78 valence electrons. The number of aromatic nitrogens is 2. The highest BCUT2D eigenvalue weighted by atomic mass is 16.1. The molecule has 1 aromatic heterocycles. The van der Waals surface area contributed by atoms with E-state index in [9.17, 15) is 4.79 Å². The lowest BCUT2D eigenvalue weighted by Gasteiger charge is -2.09. The Morgan fingerprint density at radius 1 is 1.57 bits per heavy atom. The molecule has 0 aromatic carbocycles. The Morgan fingerprint density at radius 3 is 3.00 bits per heavy atom. The number of rotatable bonds is 5. The summed E-state index contributed by atoms with van der Waals surface area (Å²) in [5, 5.41) is 9.15. The van der Waals surface area contributed by atoms with E-state index in [1.807, 2.05) is 14.1 Å². The minimum absolute atomic E-state index is 0.178. The van der Waals surface area contributed by atoms with Crippen LogP contribution in [0.15, 0.2) is 17.1 Å². The monoisotopic (exact) mass is 196 g/mol. The van der Waals surface area contributed by atoms with Crippen LogP contribution in [0, 0.1) is 0 Å². The van der Waals surface area contributed by atoms with E-state index in [1.54, 1.807) is 6.20 Å². The van der Waals surface area contributed by atoms with Gasteiger partial charge in [0.05, 0.1) is 11.9 Å². The molecule has 0 radical (unpaired) electrons. The molecule has 0 spiro atoms. The van der Waals surface area contributed by atoms with Crippen LogP contribution in [0.2, 0.25) is 0 Å². The Hall–Kier alpha value is -1.36. The van der Waals surface area contributed by atoms with Crippen molar-refractivity contribution in [1.82, 2.24) is 15.1 Å². The zero-order chi connectivity index (χ0) is 10.4. The number of hydrogen-bond acceptors (Lipinski definition) is 4. The van der Waals surface area contributed by atoms with Crippen molar-refractivity contribution in [2.24, 2.45) is 0 Å². The molecule has 14 heavy (non-hydrogen) atoms. The van der Waals surface area contributed by atoms with Gasteiger partial charge in [0.25, 0.3) is 5.56 Å². The first-order chi connectivity index (χ1) is 6.68. The SMILES string of the molecule is CN(C)CCCNc1cn[nH]c(=O)c1. The lowest BCUT2D eigenvalue weighted by molar-refractivity contribution is 0.405. The fourth-order valence-corrected chi connectivity index (χ4v) is 1.10. The summed E-state index contributed by atoms with van der Waals surface area (Å²) in [6.07, 6.45) is 2.65. The fraction of sp³-hybridized carbons (Fsp3) is 0.556. The number of anilines is 1. The van der Waals surface area contributed by atoms with E-state index in [1.165, 1.54) is 6.07 Å². The molecule has 0 amide bonds. The van der Waals surface area contributed by atoms with E-state index in [4.69, 9.17) is 0 Å². The van der Waals surface area contributed by atoms with Gasteiger partial charge in [-0.2, -0.15) is 5.10 Å².